The average Bonchev–Trinajstić information content (AvgIpc) is 3.00. The van der Waals surface area contributed by atoms with E-state index in [1.54, 1.807) is 6.20 Å². The number of ether oxygens (including phenoxy) is 3. The van der Waals surface area contributed by atoms with E-state index in [2.05, 4.69) is 50.0 Å². The smallest absolute Gasteiger partial charge is 0.518 e. The summed E-state index contributed by atoms with van der Waals surface area (Å²) in [6.45, 7) is 6.30. The largest absolute Gasteiger partial charge is 2.00 e. The van der Waals surface area contributed by atoms with Gasteiger partial charge in [-0.05, 0) is 51.7 Å². The summed E-state index contributed by atoms with van der Waals surface area (Å²) in [5.41, 5.74) is 5.64. The second kappa shape index (κ2) is 10.4. The number of rotatable bonds is 3. The van der Waals surface area contributed by atoms with Crippen LogP contribution in [0, 0.1) is 12.1 Å². The van der Waals surface area contributed by atoms with Crippen LogP contribution in [0.5, 0.6) is 34.6 Å². The number of nitrogens with zero attached hydrogens (tertiary/aromatic N) is 2. The molecule has 0 saturated heterocycles. The summed E-state index contributed by atoms with van der Waals surface area (Å²) in [6, 6.07) is 35.3. The molecule has 0 bridgehead atoms. The van der Waals surface area contributed by atoms with Gasteiger partial charge in [-0.3, -0.25) is 0 Å². The summed E-state index contributed by atoms with van der Waals surface area (Å²) in [7, 11) is 0. The Morgan fingerprint density at radius 2 is 1.44 bits per heavy atom. The molecule has 7 heteroatoms. The summed E-state index contributed by atoms with van der Waals surface area (Å²) in [6.07, 6.45) is 3.63. The zero-order valence-electron chi connectivity index (χ0n) is 23.8. The number of hydrogen-bond acceptors (Lipinski definition) is 5. The fourth-order valence-electron chi connectivity index (χ4n) is 5.81. The first-order chi connectivity index (χ1) is 20.4. The van der Waals surface area contributed by atoms with Gasteiger partial charge in [0.2, 0.25) is 12.6 Å². The van der Waals surface area contributed by atoms with E-state index in [-0.39, 0.29) is 33.2 Å². The minimum absolute atomic E-state index is 0. The first kappa shape index (κ1) is 27.4. The Bertz CT molecular complexity index is 2020. The molecular formula is C36H25BN2O3Pt. The molecule has 0 fully saturated rings. The molecule has 8 rings (SSSR count). The maximum Gasteiger partial charge on any atom is 2.00 e. The van der Waals surface area contributed by atoms with E-state index in [9.17, 15) is 0 Å². The molecule has 4 aromatic carbocycles. The van der Waals surface area contributed by atoms with Gasteiger partial charge >= 0.3 is 21.1 Å². The molecule has 2 aliphatic rings. The van der Waals surface area contributed by atoms with E-state index < -0.39 is 0 Å². The Morgan fingerprint density at radius 3 is 2.23 bits per heavy atom. The van der Waals surface area contributed by atoms with Gasteiger partial charge in [-0.25, -0.2) is 4.98 Å². The zero-order valence-corrected chi connectivity index (χ0v) is 26.0. The molecule has 5 nitrogen and oxygen atoms in total. The fraction of sp³-hybridized carbons (Fsp3) is 0.111. The number of fused-ring (bicyclic) bond motifs is 5. The van der Waals surface area contributed by atoms with E-state index >= 15 is 0 Å². The second-order valence-electron chi connectivity index (χ2n) is 11.7. The number of aromatic nitrogens is 2. The molecule has 2 aliphatic heterocycles. The Balaban J connectivity index is 0.00000300. The molecule has 2 aromatic heterocycles. The van der Waals surface area contributed by atoms with Crippen molar-refractivity contribution in [2.24, 2.45) is 0 Å². The number of pyridine rings is 2. The molecule has 0 atom stereocenters. The van der Waals surface area contributed by atoms with Crippen LogP contribution in [0.4, 0.5) is 0 Å². The van der Waals surface area contributed by atoms with E-state index in [1.165, 1.54) is 0 Å². The third-order valence-corrected chi connectivity index (χ3v) is 7.92. The normalized spacial score (nSPS) is 12.7. The molecule has 0 aliphatic carbocycles. The van der Waals surface area contributed by atoms with Gasteiger partial charge in [-0.2, -0.15) is 0 Å². The zero-order chi connectivity index (χ0) is 28.4. The Labute approximate surface area is 265 Å². The first-order valence-electron chi connectivity index (χ1n) is 14.0. The van der Waals surface area contributed by atoms with Crippen LogP contribution in [0.2, 0.25) is 0 Å². The molecule has 4 heterocycles. The van der Waals surface area contributed by atoms with Gasteiger partial charge in [0.05, 0.1) is 0 Å². The Kier molecular flexibility index (Phi) is 6.63. The molecule has 210 valence electrons. The van der Waals surface area contributed by atoms with Crippen LogP contribution in [0.25, 0.3) is 22.0 Å². The first-order valence-corrected chi connectivity index (χ1v) is 14.0. The molecule has 0 unspecified atom stereocenters. The molecule has 0 saturated carbocycles. The van der Waals surface area contributed by atoms with Gasteiger partial charge in [-0.15, -0.1) is 52.9 Å². The van der Waals surface area contributed by atoms with Gasteiger partial charge in [0.25, 0.3) is 0 Å². The van der Waals surface area contributed by atoms with Crippen LogP contribution in [0.3, 0.4) is 0 Å². The van der Waals surface area contributed by atoms with Crippen LogP contribution in [-0.4, -0.2) is 16.7 Å². The molecule has 0 N–H and O–H groups in total. The summed E-state index contributed by atoms with van der Waals surface area (Å²) in [5.74, 6) is 4.10. The van der Waals surface area contributed by atoms with E-state index in [4.69, 9.17) is 19.2 Å². The van der Waals surface area contributed by atoms with Crippen molar-refractivity contribution in [3.05, 3.63) is 115 Å². The van der Waals surface area contributed by atoms with E-state index in [0.29, 0.717) is 11.6 Å². The minimum atomic E-state index is -0.212. The van der Waals surface area contributed by atoms with Crippen molar-refractivity contribution in [2.45, 2.75) is 26.2 Å². The fourth-order valence-corrected chi connectivity index (χ4v) is 5.81. The van der Waals surface area contributed by atoms with Crippen LogP contribution < -0.4 is 30.6 Å². The summed E-state index contributed by atoms with van der Waals surface area (Å²) >= 11 is 0. The molecule has 0 spiro atoms. The Hall–Kier alpha value is -4.41. The Morgan fingerprint density at radius 1 is 0.721 bits per heavy atom. The van der Waals surface area contributed by atoms with Crippen molar-refractivity contribution in [3.63, 3.8) is 0 Å². The third kappa shape index (κ3) is 4.71. The maximum atomic E-state index is 6.40. The number of hydrogen-bond donors (Lipinski definition) is 0. The van der Waals surface area contributed by atoms with Crippen LogP contribution >= 0.6 is 0 Å². The van der Waals surface area contributed by atoms with E-state index in [1.807, 2.05) is 79.0 Å². The van der Waals surface area contributed by atoms with Gasteiger partial charge < -0.3 is 19.2 Å². The van der Waals surface area contributed by atoms with Crippen molar-refractivity contribution in [3.8, 4) is 45.9 Å². The van der Waals surface area contributed by atoms with Gasteiger partial charge in [0.1, 0.15) is 11.5 Å². The molecule has 6 aromatic rings. The summed E-state index contributed by atoms with van der Waals surface area (Å²) in [5, 5.41) is 2.21. The van der Waals surface area contributed by atoms with Gasteiger partial charge in [-0.1, -0.05) is 51.1 Å². The van der Waals surface area contributed by atoms with Gasteiger partial charge in [0, 0.05) is 41.2 Å². The van der Waals surface area contributed by atoms with Crippen molar-refractivity contribution < 1.29 is 35.3 Å². The molecule has 0 radical (unpaired) electrons. The van der Waals surface area contributed by atoms with Gasteiger partial charge in [0.15, 0.2) is 0 Å². The number of benzene rings is 4. The van der Waals surface area contributed by atoms with Crippen LogP contribution in [0.15, 0.2) is 97.3 Å². The topological polar surface area (TPSA) is 53.5 Å². The quantitative estimate of drug-likeness (QED) is 0.149. The SMILES string of the molecule is CC(C)(C)c1ccnc(Oc2[c-]c3c(cc2)Oc2cccc4c2B3c2[c-]c(-c3nccc5ccccc35)ccc2O4)c1.[Pt+2]. The van der Waals surface area contributed by atoms with Crippen molar-refractivity contribution in [1.29, 1.82) is 0 Å². The standard InChI is InChI=1S/C36H25BN2O3.Pt/c1-36(2,3)24-16-18-38-33(20-24)40-25-12-14-30-28(21-25)37-27-19-23(35-26-8-5-4-7-22(26)15-17-39-35)11-13-29(27)41-31-9-6-10-32(42-30)34(31)37;/h4-18,20H,1-3H3;/q-2;+2. The van der Waals surface area contributed by atoms with Crippen molar-refractivity contribution >= 4 is 33.9 Å². The van der Waals surface area contributed by atoms with Crippen LogP contribution in [-0.2, 0) is 26.5 Å². The maximum absolute atomic E-state index is 6.40. The average molecular weight is 739 g/mol. The predicted molar refractivity (Wildman–Crippen MR) is 166 cm³/mol. The molecule has 43 heavy (non-hydrogen) atoms. The third-order valence-electron chi connectivity index (χ3n) is 7.92. The minimum Gasteiger partial charge on any atom is -0.518 e. The van der Waals surface area contributed by atoms with Crippen molar-refractivity contribution in [1.82, 2.24) is 9.97 Å². The van der Waals surface area contributed by atoms with Crippen molar-refractivity contribution in [2.75, 3.05) is 0 Å². The molecule has 0 amide bonds. The molecular weight excluding hydrogens is 714 g/mol. The van der Waals surface area contributed by atoms with E-state index in [0.717, 1.165) is 67.0 Å². The predicted octanol–water partition coefficient (Wildman–Crippen LogP) is 6.71. The second-order valence-corrected chi connectivity index (χ2v) is 11.7. The summed E-state index contributed by atoms with van der Waals surface area (Å²) in [4.78, 5) is 9.21. The summed E-state index contributed by atoms with van der Waals surface area (Å²) < 4.78 is 19.0. The van der Waals surface area contributed by atoms with Crippen LogP contribution in [0.1, 0.15) is 26.3 Å². The monoisotopic (exact) mass is 739 g/mol.